The van der Waals surface area contributed by atoms with Gasteiger partial charge in [-0.2, -0.15) is 117 Å². The van der Waals surface area contributed by atoms with Crippen LogP contribution in [0.2, 0.25) is 0 Å². The molecule has 0 aliphatic rings. The average molecular weight is 854 g/mol. The number of hydrogen-bond acceptors (Lipinski definition) is 0. The van der Waals surface area contributed by atoms with Gasteiger partial charge in [-0.15, -0.1) is 0 Å². The summed E-state index contributed by atoms with van der Waals surface area (Å²) in [5.41, 5.74) is 0. The molecule has 0 heterocycles. The zero-order chi connectivity index (χ0) is 21.3. The third-order valence-corrected chi connectivity index (χ3v) is 1.67. The predicted octanol–water partition coefficient (Wildman–Crippen LogP) is 9.08. The van der Waals surface area contributed by atoms with Gasteiger partial charge in [-0.1, -0.05) is 0 Å². The summed E-state index contributed by atoms with van der Waals surface area (Å²) in [7, 11) is 0. The summed E-state index contributed by atoms with van der Waals surface area (Å²) in [5, 5.41) is 0. The molecule has 0 bridgehead atoms. The second-order valence-corrected chi connectivity index (χ2v) is 7.39. The minimum Gasteiger partial charge on any atom is -0.323 e. The van der Waals surface area contributed by atoms with Crippen molar-refractivity contribution in [1.82, 2.24) is 0 Å². The van der Waals surface area contributed by atoms with Crippen LogP contribution in [0.1, 0.15) is 62.3 Å². The molecule has 0 N–H and O–H groups in total. The molecule has 186 valence electrons. The van der Waals surface area contributed by atoms with Crippen LogP contribution in [0.5, 0.6) is 0 Å². The summed E-state index contributed by atoms with van der Waals surface area (Å²) >= 11 is 0. The molecule has 0 saturated heterocycles. The first kappa shape index (κ1) is 45.4. The van der Waals surface area contributed by atoms with E-state index < -0.39 is 0 Å². The van der Waals surface area contributed by atoms with E-state index in [9.17, 15) is 0 Å². The van der Waals surface area contributed by atoms with Crippen molar-refractivity contribution in [3.63, 3.8) is 0 Å². The van der Waals surface area contributed by atoms with Gasteiger partial charge in [0, 0.05) is 115 Å². The van der Waals surface area contributed by atoms with Crippen molar-refractivity contribution in [1.29, 1.82) is 0 Å². The van der Waals surface area contributed by atoms with E-state index >= 15 is 0 Å². The van der Waals surface area contributed by atoms with Crippen LogP contribution >= 0.6 is 0 Å². The van der Waals surface area contributed by atoms with Crippen molar-refractivity contribution in [2.75, 3.05) is 0 Å². The molecule has 0 aliphatic carbocycles. The minimum absolute atomic E-state index is 0. The van der Waals surface area contributed by atoms with Crippen LogP contribution in [0.25, 0.3) is 0 Å². The molecule has 0 amide bonds. The maximum absolute atomic E-state index is 2.08. The van der Waals surface area contributed by atoms with E-state index in [4.69, 9.17) is 0 Å². The molecule has 0 radical (unpaired) electrons. The molecule has 3 heteroatoms. The molecule has 0 aromatic heterocycles. The second kappa shape index (κ2) is 41.2. The summed E-state index contributed by atoms with van der Waals surface area (Å²) in [6, 6.07) is 30.0. The van der Waals surface area contributed by atoms with Crippen LogP contribution in [-0.2, 0) is 0 Å². The standard InChI is InChI=1S/3C5H5.3C4H9.3Dy/c3*1-2-4-5-3-1;3*1-4(2)3;;;/h3*1-5H;3*1-3H3;;;/q6*-1;;;. The smallest absolute Gasteiger partial charge is 0 e. The predicted molar refractivity (Wildman–Crippen MR) is 127 cm³/mol. The van der Waals surface area contributed by atoms with Gasteiger partial charge in [-0.3, -0.25) is 0 Å². The average Bonchev–Trinajstić information content (AvgIpc) is 3.31. The Balaban J connectivity index is -0.0000000568. The maximum atomic E-state index is 2.08. The summed E-state index contributed by atoms with van der Waals surface area (Å²) in [5.74, 6) is 4.25. The van der Waals surface area contributed by atoms with Gasteiger partial charge < -0.3 is 17.8 Å². The van der Waals surface area contributed by atoms with Crippen LogP contribution in [0, 0.1) is 132 Å². The molecule has 0 saturated carbocycles. The van der Waals surface area contributed by atoms with Crippen molar-refractivity contribution in [2.45, 2.75) is 62.3 Å². The van der Waals surface area contributed by atoms with Crippen molar-refractivity contribution in [2.24, 2.45) is 0 Å². The van der Waals surface area contributed by atoms with E-state index in [1.165, 1.54) is 17.8 Å². The van der Waals surface area contributed by atoms with E-state index in [2.05, 4.69) is 62.3 Å². The fourth-order valence-corrected chi connectivity index (χ4v) is 0.962. The van der Waals surface area contributed by atoms with Crippen LogP contribution in [-0.4, -0.2) is 0 Å². The molecule has 0 atom stereocenters. The first-order valence-electron chi connectivity index (χ1n) is 9.50. The van der Waals surface area contributed by atoms with Gasteiger partial charge in [0.05, 0.1) is 0 Å². The molecule has 3 aromatic carbocycles. The first-order valence-corrected chi connectivity index (χ1v) is 9.50. The van der Waals surface area contributed by atoms with Gasteiger partial charge in [-0.05, 0) is 0 Å². The van der Waals surface area contributed by atoms with Crippen molar-refractivity contribution < 1.29 is 115 Å². The van der Waals surface area contributed by atoms with Crippen LogP contribution < -0.4 is 0 Å². The normalized spacial score (nSPS) is 7.60. The molecule has 3 aromatic rings. The Morgan fingerprint density at radius 3 is 0.467 bits per heavy atom. The minimum atomic E-state index is 0. The third-order valence-electron chi connectivity index (χ3n) is 1.67. The Bertz CT molecular complexity index is 342. The van der Waals surface area contributed by atoms with E-state index in [1.807, 2.05) is 91.0 Å². The molecule has 3 rings (SSSR count). The van der Waals surface area contributed by atoms with E-state index in [1.54, 1.807) is 0 Å². The fraction of sp³-hybridized carbons (Fsp3) is 0.333. The molecule has 0 aliphatic heterocycles. The monoisotopic (exact) mass is 858 g/mol. The Hall–Kier alpha value is 1.87. The van der Waals surface area contributed by atoms with E-state index in [0.29, 0.717) is 0 Å². The number of hydrogen-bond donors (Lipinski definition) is 0. The Morgan fingerprint density at radius 1 is 0.333 bits per heavy atom. The fourth-order valence-electron chi connectivity index (χ4n) is 0.962. The van der Waals surface area contributed by atoms with Gasteiger partial charge in [0.1, 0.15) is 0 Å². The summed E-state index contributed by atoms with van der Waals surface area (Å²) in [6.07, 6.45) is 0. The Morgan fingerprint density at radius 2 is 0.433 bits per heavy atom. The molecular weight excluding hydrogens is 812 g/mol. The van der Waals surface area contributed by atoms with Gasteiger partial charge in [0.2, 0.25) is 0 Å². The largest absolute Gasteiger partial charge is 0.323 e. The van der Waals surface area contributed by atoms with Gasteiger partial charge in [0.25, 0.3) is 0 Å². The molecular formula is C27H42Dy3-6. The van der Waals surface area contributed by atoms with Crippen molar-refractivity contribution in [3.05, 3.63) is 109 Å². The van der Waals surface area contributed by atoms with Crippen LogP contribution in [0.15, 0.2) is 91.0 Å². The van der Waals surface area contributed by atoms with Crippen LogP contribution in [0.3, 0.4) is 0 Å². The quantitative estimate of drug-likeness (QED) is 0.198. The molecule has 0 fully saturated rings. The third kappa shape index (κ3) is 87.5. The SMILES string of the molecule is C[C-](C)C.C[C-](C)C.C[C-](C)C.[Dy].[Dy].[Dy].c1cc[cH-]c1.c1cc[cH-]c1.c1cc[cH-]c1. The van der Waals surface area contributed by atoms with Gasteiger partial charge in [-0.25, -0.2) is 36.4 Å². The van der Waals surface area contributed by atoms with E-state index in [0.717, 1.165) is 0 Å². The molecule has 30 heavy (non-hydrogen) atoms. The molecule has 0 unspecified atom stereocenters. The zero-order valence-corrected chi connectivity index (χ0v) is 26.2. The summed E-state index contributed by atoms with van der Waals surface area (Å²) in [6.45, 7) is 18.8. The zero-order valence-electron chi connectivity index (χ0n) is 20.1. The van der Waals surface area contributed by atoms with Crippen molar-refractivity contribution >= 4 is 0 Å². The Kier molecular flexibility index (Phi) is 62.2. The maximum Gasteiger partial charge on any atom is 0 e. The first-order chi connectivity index (χ1) is 12.7. The van der Waals surface area contributed by atoms with Gasteiger partial charge in [0.15, 0.2) is 0 Å². The summed E-state index contributed by atoms with van der Waals surface area (Å²) in [4.78, 5) is 0. The number of rotatable bonds is 0. The van der Waals surface area contributed by atoms with Crippen LogP contribution in [0.4, 0.5) is 0 Å². The van der Waals surface area contributed by atoms with Crippen molar-refractivity contribution in [3.8, 4) is 0 Å². The molecule has 0 spiro atoms. The topological polar surface area (TPSA) is 0 Å². The van der Waals surface area contributed by atoms with E-state index in [-0.39, 0.29) is 115 Å². The second-order valence-electron chi connectivity index (χ2n) is 7.39. The Labute approximate surface area is 280 Å². The molecule has 0 nitrogen and oxygen atoms in total. The summed E-state index contributed by atoms with van der Waals surface area (Å²) < 4.78 is 0. The van der Waals surface area contributed by atoms with Gasteiger partial charge >= 0.3 is 0 Å².